The molecule has 0 aliphatic heterocycles. The Morgan fingerprint density at radius 1 is 1.24 bits per heavy atom. The van der Waals surface area contributed by atoms with Crippen LogP contribution in [0.2, 0.25) is 0 Å². The number of halogens is 3. The smallest absolute Gasteiger partial charge is 0.391 e. The molecule has 0 aromatic heterocycles. The predicted octanol–water partition coefficient (Wildman–Crippen LogP) is 4.31. The van der Waals surface area contributed by atoms with E-state index < -0.39 is 12.1 Å². The number of hydrogen-bond acceptors (Lipinski definition) is 2. The normalized spacial score (nSPS) is 20.8. The molecule has 140 valence electrons. The number of urea groups is 1. The standard InChI is InChI=1S/C18H25F3N2O2/c1-3-25-16-10-12(2)4-5-13(16)11-22-17(24)23-15-8-6-14(7-9-15)18(19,20)21/h4-5,10,14-15H,3,6-9,11H2,1-2H3,(H2,22,23,24). The molecule has 1 aromatic carbocycles. The van der Waals surface area contributed by atoms with Crippen molar-refractivity contribution in [3.05, 3.63) is 29.3 Å². The lowest BCUT2D eigenvalue weighted by atomic mass is 9.86. The van der Waals surface area contributed by atoms with Crippen LogP contribution >= 0.6 is 0 Å². The third-order valence-electron chi connectivity index (χ3n) is 4.49. The fraction of sp³-hybridized carbons (Fsp3) is 0.611. The van der Waals surface area contributed by atoms with Crippen LogP contribution in [-0.4, -0.2) is 24.9 Å². The minimum atomic E-state index is -4.13. The number of hydrogen-bond donors (Lipinski definition) is 2. The lowest BCUT2D eigenvalue weighted by Crippen LogP contribution is -2.44. The van der Waals surface area contributed by atoms with Crippen LogP contribution in [0.3, 0.4) is 0 Å². The molecule has 0 unspecified atom stereocenters. The van der Waals surface area contributed by atoms with Gasteiger partial charge in [-0.25, -0.2) is 4.79 Å². The zero-order valence-electron chi connectivity index (χ0n) is 14.6. The minimum absolute atomic E-state index is 0.0703. The number of rotatable bonds is 5. The molecule has 2 N–H and O–H groups in total. The van der Waals surface area contributed by atoms with E-state index in [-0.39, 0.29) is 24.9 Å². The average molecular weight is 358 g/mol. The lowest BCUT2D eigenvalue weighted by molar-refractivity contribution is -0.182. The topological polar surface area (TPSA) is 50.4 Å². The zero-order chi connectivity index (χ0) is 18.4. The summed E-state index contributed by atoms with van der Waals surface area (Å²) in [7, 11) is 0. The van der Waals surface area contributed by atoms with Crippen molar-refractivity contribution in [1.29, 1.82) is 0 Å². The van der Waals surface area contributed by atoms with E-state index in [0.717, 1.165) is 16.9 Å². The number of benzene rings is 1. The van der Waals surface area contributed by atoms with Gasteiger partial charge in [0, 0.05) is 18.2 Å². The van der Waals surface area contributed by atoms with Crippen LogP contribution in [0.4, 0.5) is 18.0 Å². The van der Waals surface area contributed by atoms with Crippen molar-refractivity contribution in [2.45, 2.75) is 58.3 Å². The summed E-state index contributed by atoms with van der Waals surface area (Å²) in [4.78, 5) is 12.0. The fourth-order valence-electron chi connectivity index (χ4n) is 3.07. The Morgan fingerprint density at radius 3 is 2.52 bits per heavy atom. The molecule has 25 heavy (non-hydrogen) atoms. The molecule has 0 atom stereocenters. The van der Waals surface area contributed by atoms with Crippen molar-refractivity contribution in [3.8, 4) is 5.75 Å². The van der Waals surface area contributed by atoms with Gasteiger partial charge in [0.05, 0.1) is 12.5 Å². The summed E-state index contributed by atoms with van der Waals surface area (Å²) in [5.41, 5.74) is 1.93. The van der Waals surface area contributed by atoms with E-state index in [2.05, 4.69) is 10.6 Å². The maximum absolute atomic E-state index is 12.7. The van der Waals surface area contributed by atoms with Crippen LogP contribution in [0.5, 0.6) is 5.75 Å². The molecule has 2 amide bonds. The van der Waals surface area contributed by atoms with E-state index in [1.165, 1.54) is 0 Å². The Kier molecular flexibility index (Phi) is 6.56. The highest BCUT2D eigenvalue weighted by atomic mass is 19.4. The molecule has 1 aliphatic rings. The van der Waals surface area contributed by atoms with Crippen molar-refractivity contribution < 1.29 is 22.7 Å². The number of aryl methyl sites for hydroxylation is 1. The molecule has 0 bridgehead atoms. The van der Waals surface area contributed by atoms with Gasteiger partial charge in [-0.15, -0.1) is 0 Å². The van der Waals surface area contributed by atoms with Crippen molar-refractivity contribution >= 4 is 6.03 Å². The Labute approximate surface area is 146 Å². The van der Waals surface area contributed by atoms with Gasteiger partial charge in [-0.1, -0.05) is 12.1 Å². The van der Waals surface area contributed by atoms with Crippen LogP contribution in [0.25, 0.3) is 0 Å². The molecule has 0 heterocycles. The van der Waals surface area contributed by atoms with Gasteiger partial charge in [-0.2, -0.15) is 13.2 Å². The highest BCUT2D eigenvalue weighted by Crippen LogP contribution is 2.37. The second-order valence-corrected chi connectivity index (χ2v) is 6.46. The molecule has 1 aromatic rings. The van der Waals surface area contributed by atoms with E-state index >= 15 is 0 Å². The summed E-state index contributed by atoms with van der Waals surface area (Å²) >= 11 is 0. The van der Waals surface area contributed by atoms with Crippen LogP contribution < -0.4 is 15.4 Å². The third-order valence-corrected chi connectivity index (χ3v) is 4.49. The zero-order valence-corrected chi connectivity index (χ0v) is 14.6. The van der Waals surface area contributed by atoms with Gasteiger partial charge in [-0.3, -0.25) is 0 Å². The Balaban J connectivity index is 1.80. The molecule has 0 saturated heterocycles. The summed E-state index contributed by atoms with van der Waals surface area (Å²) in [5, 5.41) is 5.52. The van der Waals surface area contributed by atoms with Crippen molar-refractivity contribution in [1.82, 2.24) is 10.6 Å². The number of amides is 2. The van der Waals surface area contributed by atoms with E-state index in [0.29, 0.717) is 26.0 Å². The van der Waals surface area contributed by atoms with Gasteiger partial charge in [0.15, 0.2) is 0 Å². The average Bonchev–Trinajstić information content (AvgIpc) is 2.54. The maximum atomic E-state index is 12.7. The monoisotopic (exact) mass is 358 g/mol. The maximum Gasteiger partial charge on any atom is 0.391 e. The van der Waals surface area contributed by atoms with E-state index in [1.807, 2.05) is 32.0 Å². The second-order valence-electron chi connectivity index (χ2n) is 6.46. The molecule has 4 nitrogen and oxygen atoms in total. The fourth-order valence-corrected chi connectivity index (χ4v) is 3.07. The minimum Gasteiger partial charge on any atom is -0.494 e. The first-order valence-electron chi connectivity index (χ1n) is 8.63. The number of carbonyl (C=O) groups is 1. The Morgan fingerprint density at radius 2 is 1.92 bits per heavy atom. The Hall–Kier alpha value is -1.92. The lowest BCUT2D eigenvalue weighted by Gasteiger charge is -2.30. The van der Waals surface area contributed by atoms with Gasteiger partial charge in [0.2, 0.25) is 0 Å². The first kappa shape index (κ1) is 19.4. The van der Waals surface area contributed by atoms with E-state index in [1.54, 1.807) is 0 Å². The van der Waals surface area contributed by atoms with Gasteiger partial charge < -0.3 is 15.4 Å². The number of carbonyl (C=O) groups excluding carboxylic acids is 1. The third kappa shape index (κ3) is 5.83. The number of alkyl halides is 3. The molecular formula is C18H25F3N2O2. The summed E-state index contributed by atoms with van der Waals surface area (Å²) in [6, 6.07) is 5.18. The van der Waals surface area contributed by atoms with Gasteiger partial charge in [-0.05, 0) is 51.2 Å². The molecule has 1 fully saturated rings. The first-order chi connectivity index (χ1) is 11.8. The molecule has 1 aliphatic carbocycles. The van der Waals surface area contributed by atoms with Gasteiger partial charge in [0.1, 0.15) is 5.75 Å². The van der Waals surface area contributed by atoms with E-state index in [9.17, 15) is 18.0 Å². The highest BCUT2D eigenvalue weighted by Gasteiger charge is 2.41. The molecule has 1 saturated carbocycles. The molecule has 0 spiro atoms. The van der Waals surface area contributed by atoms with Crippen LogP contribution in [-0.2, 0) is 6.54 Å². The molecule has 7 heteroatoms. The summed E-state index contributed by atoms with van der Waals surface area (Å²) in [6.07, 6.45) is -3.28. The van der Waals surface area contributed by atoms with Gasteiger partial charge in [0.25, 0.3) is 0 Å². The number of nitrogens with one attached hydrogen (secondary N) is 2. The van der Waals surface area contributed by atoms with E-state index in [4.69, 9.17) is 4.74 Å². The molecule has 2 rings (SSSR count). The summed E-state index contributed by atoms with van der Waals surface area (Å²) in [6.45, 7) is 4.69. The first-order valence-corrected chi connectivity index (χ1v) is 8.63. The highest BCUT2D eigenvalue weighted by molar-refractivity contribution is 5.74. The largest absolute Gasteiger partial charge is 0.494 e. The summed E-state index contributed by atoms with van der Waals surface area (Å²) in [5.74, 6) is -0.511. The van der Waals surface area contributed by atoms with Crippen molar-refractivity contribution in [2.24, 2.45) is 5.92 Å². The van der Waals surface area contributed by atoms with Crippen LogP contribution in [0.1, 0.15) is 43.7 Å². The van der Waals surface area contributed by atoms with Crippen LogP contribution in [0, 0.1) is 12.8 Å². The SMILES string of the molecule is CCOc1cc(C)ccc1CNC(=O)NC1CCC(C(F)(F)F)CC1. The van der Waals surface area contributed by atoms with Crippen molar-refractivity contribution in [3.63, 3.8) is 0 Å². The van der Waals surface area contributed by atoms with Crippen LogP contribution in [0.15, 0.2) is 18.2 Å². The second kappa shape index (κ2) is 8.45. The molecule has 0 radical (unpaired) electrons. The van der Waals surface area contributed by atoms with Gasteiger partial charge >= 0.3 is 12.2 Å². The quantitative estimate of drug-likeness (QED) is 0.824. The van der Waals surface area contributed by atoms with Crippen molar-refractivity contribution in [2.75, 3.05) is 6.61 Å². The predicted molar refractivity (Wildman–Crippen MR) is 89.5 cm³/mol. The molecular weight excluding hydrogens is 333 g/mol. The number of ether oxygens (including phenoxy) is 1. The summed E-state index contributed by atoms with van der Waals surface area (Å²) < 4.78 is 43.5. The Bertz CT molecular complexity index is 582.